The van der Waals surface area contributed by atoms with E-state index < -0.39 is 0 Å². The SMILES string of the molecule is CC(=O)C1=C(C)OC(CI)C1. The molecule has 0 amide bonds. The fraction of sp³-hybridized carbons (Fsp3) is 0.625. The Bertz CT molecular complexity index is 208. The molecule has 0 spiro atoms. The molecule has 0 aromatic rings. The van der Waals surface area contributed by atoms with Gasteiger partial charge in [-0.2, -0.15) is 0 Å². The van der Waals surface area contributed by atoms with Crippen molar-refractivity contribution >= 4 is 28.4 Å². The van der Waals surface area contributed by atoms with Gasteiger partial charge < -0.3 is 4.74 Å². The Morgan fingerprint density at radius 3 is 2.73 bits per heavy atom. The van der Waals surface area contributed by atoms with Gasteiger partial charge in [0.05, 0.1) is 0 Å². The highest BCUT2D eigenvalue weighted by atomic mass is 127. The predicted octanol–water partition coefficient (Wildman–Crippen LogP) is 2.07. The summed E-state index contributed by atoms with van der Waals surface area (Å²) >= 11 is 2.27. The molecular weight excluding hydrogens is 255 g/mol. The van der Waals surface area contributed by atoms with Crippen molar-refractivity contribution in [2.24, 2.45) is 0 Å². The monoisotopic (exact) mass is 266 g/mol. The van der Waals surface area contributed by atoms with Crippen LogP contribution in [0.4, 0.5) is 0 Å². The van der Waals surface area contributed by atoms with Crippen molar-refractivity contribution in [2.45, 2.75) is 26.4 Å². The highest BCUT2D eigenvalue weighted by Crippen LogP contribution is 2.26. The number of ketones is 1. The number of rotatable bonds is 2. The molecule has 1 atom stereocenters. The number of hydrogen-bond donors (Lipinski definition) is 0. The maximum absolute atomic E-state index is 11.0. The number of halogens is 1. The Morgan fingerprint density at radius 1 is 1.82 bits per heavy atom. The molecule has 11 heavy (non-hydrogen) atoms. The van der Waals surface area contributed by atoms with Crippen molar-refractivity contribution in [3.63, 3.8) is 0 Å². The minimum atomic E-state index is 0.148. The summed E-state index contributed by atoms with van der Waals surface area (Å²) in [5.41, 5.74) is 0.867. The van der Waals surface area contributed by atoms with Crippen molar-refractivity contribution in [2.75, 3.05) is 4.43 Å². The van der Waals surface area contributed by atoms with E-state index in [4.69, 9.17) is 4.74 Å². The number of allylic oxidation sites excluding steroid dienone is 1. The second-order valence-electron chi connectivity index (χ2n) is 2.69. The van der Waals surface area contributed by atoms with E-state index in [1.165, 1.54) is 0 Å². The number of alkyl halides is 1. The predicted molar refractivity (Wildman–Crippen MR) is 51.8 cm³/mol. The van der Waals surface area contributed by atoms with Crippen LogP contribution in [0.3, 0.4) is 0 Å². The van der Waals surface area contributed by atoms with Gasteiger partial charge in [-0.15, -0.1) is 0 Å². The van der Waals surface area contributed by atoms with E-state index >= 15 is 0 Å². The molecule has 62 valence electrons. The maximum Gasteiger partial charge on any atom is 0.159 e. The molecule has 3 heteroatoms. The zero-order chi connectivity index (χ0) is 8.43. The zero-order valence-corrected chi connectivity index (χ0v) is 8.84. The Balaban J connectivity index is 2.67. The lowest BCUT2D eigenvalue weighted by atomic mass is 10.1. The average Bonchev–Trinajstić information content (AvgIpc) is 2.30. The van der Waals surface area contributed by atoms with Crippen molar-refractivity contribution in [3.8, 4) is 0 Å². The molecule has 1 aliphatic heterocycles. The van der Waals surface area contributed by atoms with Crippen LogP contribution in [0.5, 0.6) is 0 Å². The second kappa shape index (κ2) is 3.56. The summed E-state index contributed by atoms with van der Waals surface area (Å²) < 4.78 is 6.39. The van der Waals surface area contributed by atoms with E-state index in [0.29, 0.717) is 0 Å². The molecule has 1 heterocycles. The maximum atomic E-state index is 11.0. The van der Waals surface area contributed by atoms with Crippen LogP contribution in [-0.2, 0) is 9.53 Å². The van der Waals surface area contributed by atoms with Gasteiger partial charge in [0, 0.05) is 16.4 Å². The molecule has 1 aliphatic rings. The van der Waals surface area contributed by atoms with Crippen molar-refractivity contribution < 1.29 is 9.53 Å². The highest BCUT2D eigenvalue weighted by Gasteiger charge is 2.24. The molecular formula is C8H11IO2. The van der Waals surface area contributed by atoms with Gasteiger partial charge in [0.15, 0.2) is 5.78 Å². The van der Waals surface area contributed by atoms with Crippen LogP contribution < -0.4 is 0 Å². The molecule has 0 N–H and O–H groups in total. The summed E-state index contributed by atoms with van der Waals surface area (Å²) in [4.78, 5) is 11.0. The summed E-state index contributed by atoms with van der Waals surface area (Å²) in [5.74, 6) is 0.967. The Kier molecular flexibility index (Phi) is 2.92. The average molecular weight is 266 g/mol. The van der Waals surface area contributed by atoms with Crippen LogP contribution in [0.25, 0.3) is 0 Å². The number of hydrogen-bond acceptors (Lipinski definition) is 2. The molecule has 0 bridgehead atoms. The van der Waals surface area contributed by atoms with Gasteiger partial charge >= 0.3 is 0 Å². The highest BCUT2D eigenvalue weighted by molar-refractivity contribution is 14.1. The lowest BCUT2D eigenvalue weighted by Gasteiger charge is -2.05. The smallest absolute Gasteiger partial charge is 0.159 e. The van der Waals surface area contributed by atoms with E-state index in [9.17, 15) is 4.79 Å². The number of ether oxygens (including phenoxy) is 1. The molecule has 0 fully saturated rings. The Hall–Kier alpha value is -0.0600. The molecule has 1 rings (SSSR count). The quantitative estimate of drug-likeness (QED) is 0.565. The first-order chi connectivity index (χ1) is 5.15. The summed E-state index contributed by atoms with van der Waals surface area (Å²) in [6, 6.07) is 0. The van der Waals surface area contributed by atoms with Crippen molar-refractivity contribution in [1.82, 2.24) is 0 Å². The minimum Gasteiger partial charge on any atom is -0.494 e. The molecule has 1 unspecified atom stereocenters. The zero-order valence-electron chi connectivity index (χ0n) is 6.69. The minimum absolute atomic E-state index is 0.148. The topological polar surface area (TPSA) is 26.3 Å². The summed E-state index contributed by atoms with van der Waals surface area (Å²) in [7, 11) is 0. The van der Waals surface area contributed by atoms with Gasteiger partial charge in [0.25, 0.3) is 0 Å². The Labute approximate surface area is 80.1 Å². The van der Waals surface area contributed by atoms with Gasteiger partial charge in [0.2, 0.25) is 0 Å². The molecule has 0 saturated carbocycles. The van der Waals surface area contributed by atoms with E-state index in [0.717, 1.165) is 22.2 Å². The number of Topliss-reactive ketones (excluding diaryl/α,β-unsaturated/α-hetero) is 1. The summed E-state index contributed by atoms with van der Waals surface area (Å²) in [6.45, 7) is 3.46. The fourth-order valence-electron chi connectivity index (χ4n) is 1.21. The van der Waals surface area contributed by atoms with Gasteiger partial charge in [-0.1, -0.05) is 22.6 Å². The molecule has 0 aliphatic carbocycles. The number of carbonyl (C=O) groups is 1. The molecule has 0 aromatic heterocycles. The lowest BCUT2D eigenvalue weighted by Crippen LogP contribution is -2.07. The Morgan fingerprint density at radius 2 is 2.45 bits per heavy atom. The third-order valence-corrected chi connectivity index (χ3v) is 2.78. The first-order valence-corrected chi connectivity index (χ1v) is 5.11. The summed E-state index contributed by atoms with van der Waals surface area (Å²) in [6.07, 6.45) is 1.03. The van der Waals surface area contributed by atoms with Crippen LogP contribution in [0.2, 0.25) is 0 Å². The van der Waals surface area contributed by atoms with E-state index in [-0.39, 0.29) is 11.9 Å². The fourth-order valence-corrected chi connectivity index (χ4v) is 1.70. The van der Waals surface area contributed by atoms with Gasteiger partial charge in [0.1, 0.15) is 11.9 Å². The van der Waals surface area contributed by atoms with Gasteiger partial charge in [-0.25, -0.2) is 0 Å². The van der Waals surface area contributed by atoms with Crippen LogP contribution in [0.1, 0.15) is 20.3 Å². The molecule has 2 nitrogen and oxygen atoms in total. The van der Waals surface area contributed by atoms with E-state index in [1.807, 2.05) is 6.92 Å². The third kappa shape index (κ3) is 1.95. The van der Waals surface area contributed by atoms with Crippen molar-refractivity contribution in [1.29, 1.82) is 0 Å². The van der Waals surface area contributed by atoms with Crippen LogP contribution in [-0.4, -0.2) is 16.3 Å². The number of carbonyl (C=O) groups excluding carboxylic acids is 1. The third-order valence-electron chi connectivity index (χ3n) is 1.80. The van der Waals surface area contributed by atoms with Gasteiger partial charge in [-0.05, 0) is 13.8 Å². The standard InChI is InChI=1S/C8H11IO2/c1-5(10)8-3-7(4-9)11-6(8)2/h7H,3-4H2,1-2H3. The normalized spacial score (nSPS) is 23.7. The molecule has 0 saturated heterocycles. The summed E-state index contributed by atoms with van der Waals surface area (Å²) in [5, 5.41) is 0. The van der Waals surface area contributed by atoms with Gasteiger partial charge in [-0.3, -0.25) is 4.79 Å². The van der Waals surface area contributed by atoms with Crippen LogP contribution >= 0.6 is 22.6 Å². The second-order valence-corrected chi connectivity index (χ2v) is 3.57. The first-order valence-electron chi connectivity index (χ1n) is 3.58. The van der Waals surface area contributed by atoms with Crippen LogP contribution in [0, 0.1) is 0 Å². The van der Waals surface area contributed by atoms with Crippen molar-refractivity contribution in [3.05, 3.63) is 11.3 Å². The van der Waals surface area contributed by atoms with Crippen LogP contribution in [0.15, 0.2) is 11.3 Å². The van der Waals surface area contributed by atoms with E-state index in [2.05, 4.69) is 22.6 Å². The lowest BCUT2D eigenvalue weighted by molar-refractivity contribution is -0.113. The first kappa shape index (κ1) is 9.03. The molecule has 0 radical (unpaired) electrons. The largest absolute Gasteiger partial charge is 0.494 e. The van der Waals surface area contributed by atoms with E-state index in [1.54, 1.807) is 6.92 Å². The molecule has 0 aromatic carbocycles.